The molecule has 1 spiro atoms. The van der Waals surface area contributed by atoms with Gasteiger partial charge < -0.3 is 19.4 Å². The van der Waals surface area contributed by atoms with Gasteiger partial charge in [-0.15, -0.1) is 0 Å². The van der Waals surface area contributed by atoms with Crippen molar-refractivity contribution < 1.29 is 28.7 Å². The first-order valence-electron chi connectivity index (χ1n) is 20.3. The van der Waals surface area contributed by atoms with Gasteiger partial charge in [0.15, 0.2) is 0 Å². The summed E-state index contributed by atoms with van der Waals surface area (Å²) in [4.78, 5) is 77.4. The molecule has 1 N–H and O–H groups in total. The fourth-order valence-corrected chi connectivity index (χ4v) is 10.2. The lowest BCUT2D eigenvalue weighted by molar-refractivity contribution is -0.136. The number of nitrogens with one attached hydrogen (secondary N) is 1. The smallest absolute Gasteiger partial charge is 0.262 e. The minimum Gasteiger partial charge on any atom is -0.488 e. The van der Waals surface area contributed by atoms with Gasteiger partial charge in [-0.3, -0.25) is 39.1 Å². The normalized spacial score (nSPS) is 23.9. The van der Waals surface area contributed by atoms with Gasteiger partial charge in [0, 0.05) is 86.3 Å². The molecule has 0 radical (unpaired) electrons. The van der Waals surface area contributed by atoms with Crippen LogP contribution in [0.25, 0.3) is 4.85 Å². The number of piperidine rings is 3. The predicted octanol–water partition coefficient (Wildman–Crippen LogP) is 5.55. The second kappa shape index (κ2) is 15.1. The number of ether oxygens (including phenoxy) is 1. The van der Waals surface area contributed by atoms with E-state index in [0.29, 0.717) is 47.2 Å². The van der Waals surface area contributed by atoms with Crippen LogP contribution in [0.15, 0.2) is 60.7 Å². The van der Waals surface area contributed by atoms with Crippen LogP contribution in [0.3, 0.4) is 0 Å². The third-order valence-electron chi connectivity index (χ3n) is 13.3. The maximum Gasteiger partial charge on any atom is 0.262 e. The number of nitrogens with zero attached hydrogens (tertiary/aromatic N) is 6. The maximum atomic E-state index is 13.5. The van der Waals surface area contributed by atoms with Crippen molar-refractivity contribution in [2.24, 2.45) is 5.41 Å². The molecule has 6 heterocycles. The number of carbonyl (C=O) groups is 5. The van der Waals surface area contributed by atoms with Gasteiger partial charge in [-0.25, -0.2) is 4.85 Å². The number of carbonyl (C=O) groups excluding carboxylic acids is 5. The topological polar surface area (TPSA) is 127 Å². The molecular formula is C44H46ClN7O6. The van der Waals surface area contributed by atoms with Crippen molar-refractivity contribution in [1.29, 1.82) is 0 Å². The number of benzene rings is 3. The molecule has 1 unspecified atom stereocenters. The number of rotatable bonds is 7. The first-order valence-corrected chi connectivity index (χ1v) is 20.7. The first kappa shape index (κ1) is 38.1. The number of fused-ring (bicyclic) bond motifs is 1. The summed E-state index contributed by atoms with van der Waals surface area (Å²) < 4.78 is 6.20. The van der Waals surface area contributed by atoms with Crippen LogP contribution < -0.4 is 19.9 Å². The van der Waals surface area contributed by atoms with Gasteiger partial charge >= 0.3 is 0 Å². The molecule has 0 bridgehead atoms. The quantitative estimate of drug-likeness (QED) is 0.242. The summed E-state index contributed by atoms with van der Waals surface area (Å²) in [6, 6.07) is 18.5. The van der Waals surface area contributed by atoms with Crippen molar-refractivity contribution >= 4 is 58.2 Å². The molecule has 13 nitrogen and oxygen atoms in total. The second-order valence-corrected chi connectivity index (χ2v) is 17.2. The molecule has 6 aliphatic rings. The van der Waals surface area contributed by atoms with Crippen LogP contribution in [-0.2, 0) is 9.59 Å². The lowest BCUT2D eigenvalue weighted by Crippen LogP contribution is -2.60. The molecule has 3 aromatic carbocycles. The SMILES string of the molecule is [C-]#[N+]c1ccc(N2CC3(CCN(c4ccc(C(=O)N5CCC(N6CC(Oc7ccc8c(c7)C(=O)N(C7CCC(=O)NC7=O)C8=O)C6)CC5)cc4)CC3)C[C@@H]2C)cc1Cl. The van der Waals surface area contributed by atoms with Gasteiger partial charge in [0.1, 0.15) is 17.9 Å². The standard InChI is InChI=1S/C44H46ClN7O6/c1-27-23-44(26-51(27)31-7-10-37(46-2)36(45)21-31)15-19-48(20-16-44)29-5-3-28(4-6-29)41(55)49-17-13-30(14-18-49)50-24-33(25-50)58-32-8-9-34-35(22-32)43(57)52(42(34)56)38-11-12-39(53)47-40(38)54/h3-10,21-22,27,30,33,38H,11-20,23-26H2,1H3,(H,47,53,54)/t27-,38?/m0/s1. The van der Waals surface area contributed by atoms with E-state index in [0.717, 1.165) is 81.1 Å². The number of halogens is 1. The first-order chi connectivity index (χ1) is 28.0. The van der Waals surface area contributed by atoms with Gasteiger partial charge in [-0.05, 0) is 105 Å². The van der Waals surface area contributed by atoms with Crippen molar-refractivity contribution in [2.45, 2.75) is 76.1 Å². The molecule has 14 heteroatoms. The Kier molecular flexibility index (Phi) is 9.88. The van der Waals surface area contributed by atoms with Crippen LogP contribution in [0.1, 0.15) is 82.9 Å². The zero-order chi connectivity index (χ0) is 40.3. The minimum absolute atomic E-state index is 0.0640. The zero-order valence-electron chi connectivity index (χ0n) is 32.5. The summed E-state index contributed by atoms with van der Waals surface area (Å²) in [6.07, 6.45) is 5.22. The van der Waals surface area contributed by atoms with E-state index in [1.807, 2.05) is 35.2 Å². The number of anilines is 2. The van der Waals surface area contributed by atoms with E-state index in [9.17, 15) is 24.0 Å². The molecular weight excluding hydrogens is 758 g/mol. The fourth-order valence-electron chi connectivity index (χ4n) is 10.0. The van der Waals surface area contributed by atoms with E-state index in [4.69, 9.17) is 22.9 Å². The molecule has 58 heavy (non-hydrogen) atoms. The molecule has 0 aliphatic carbocycles. The molecule has 9 rings (SSSR count). The monoisotopic (exact) mass is 803 g/mol. The Hall–Kier alpha value is -5.45. The number of likely N-dealkylation sites (tertiary alicyclic amines) is 2. The number of amides is 5. The van der Waals surface area contributed by atoms with Crippen molar-refractivity contribution in [2.75, 3.05) is 55.6 Å². The lowest BCUT2D eigenvalue weighted by Gasteiger charge is -2.46. The zero-order valence-corrected chi connectivity index (χ0v) is 33.2. The second-order valence-electron chi connectivity index (χ2n) is 16.8. The number of imide groups is 2. The van der Waals surface area contributed by atoms with Crippen molar-refractivity contribution in [3.63, 3.8) is 0 Å². The molecule has 5 fully saturated rings. The Labute approximate surface area is 342 Å². The van der Waals surface area contributed by atoms with Crippen LogP contribution in [0, 0.1) is 12.0 Å². The summed E-state index contributed by atoms with van der Waals surface area (Å²) >= 11 is 6.38. The van der Waals surface area contributed by atoms with E-state index < -0.39 is 29.7 Å². The highest BCUT2D eigenvalue weighted by molar-refractivity contribution is 6.33. The van der Waals surface area contributed by atoms with E-state index in [1.165, 1.54) is 0 Å². The Morgan fingerprint density at radius 2 is 1.59 bits per heavy atom. The van der Waals surface area contributed by atoms with Gasteiger partial charge in [0.05, 0.1) is 17.7 Å². The van der Waals surface area contributed by atoms with Crippen LogP contribution >= 0.6 is 11.6 Å². The molecule has 2 atom stereocenters. The summed E-state index contributed by atoms with van der Waals surface area (Å²) in [6.45, 7) is 15.4. The highest BCUT2D eigenvalue weighted by Crippen LogP contribution is 2.46. The van der Waals surface area contributed by atoms with Gasteiger partial charge in [-0.1, -0.05) is 17.7 Å². The highest BCUT2D eigenvalue weighted by Gasteiger charge is 2.46. The van der Waals surface area contributed by atoms with E-state index in [-0.39, 0.29) is 41.4 Å². The Morgan fingerprint density at radius 3 is 2.28 bits per heavy atom. The number of hydrogen-bond donors (Lipinski definition) is 1. The van der Waals surface area contributed by atoms with Crippen LogP contribution in [0.2, 0.25) is 5.02 Å². The summed E-state index contributed by atoms with van der Waals surface area (Å²) in [5.74, 6) is -1.57. The molecule has 5 saturated heterocycles. The Bertz CT molecular complexity index is 2220. The molecule has 0 saturated carbocycles. The van der Waals surface area contributed by atoms with Crippen LogP contribution in [0.5, 0.6) is 5.75 Å². The lowest BCUT2D eigenvalue weighted by atomic mass is 9.76. The minimum atomic E-state index is -1.00. The average molecular weight is 804 g/mol. The van der Waals surface area contributed by atoms with Crippen molar-refractivity contribution in [1.82, 2.24) is 20.0 Å². The average Bonchev–Trinajstić information content (AvgIpc) is 3.66. The summed E-state index contributed by atoms with van der Waals surface area (Å²) in [5.41, 5.74) is 4.13. The van der Waals surface area contributed by atoms with E-state index >= 15 is 0 Å². The van der Waals surface area contributed by atoms with E-state index in [2.05, 4.69) is 43.9 Å². The molecule has 0 aromatic heterocycles. The van der Waals surface area contributed by atoms with Gasteiger partial charge in [0.2, 0.25) is 17.5 Å². The summed E-state index contributed by atoms with van der Waals surface area (Å²) in [5, 5.41) is 2.73. The Balaban J connectivity index is 0.722. The molecule has 6 aliphatic heterocycles. The third kappa shape index (κ3) is 6.96. The van der Waals surface area contributed by atoms with Crippen LogP contribution in [-0.4, -0.2) is 114 Å². The molecule has 3 aromatic rings. The molecule has 5 amide bonds. The Morgan fingerprint density at radius 1 is 0.879 bits per heavy atom. The van der Waals surface area contributed by atoms with Gasteiger partial charge in [0.25, 0.3) is 17.7 Å². The highest BCUT2D eigenvalue weighted by atomic mass is 35.5. The molecule has 300 valence electrons. The van der Waals surface area contributed by atoms with Crippen LogP contribution in [0.4, 0.5) is 17.1 Å². The van der Waals surface area contributed by atoms with E-state index in [1.54, 1.807) is 18.2 Å². The largest absolute Gasteiger partial charge is 0.488 e. The van der Waals surface area contributed by atoms with Crippen molar-refractivity contribution in [3.05, 3.63) is 93.8 Å². The van der Waals surface area contributed by atoms with Crippen molar-refractivity contribution in [3.8, 4) is 5.75 Å². The summed E-state index contributed by atoms with van der Waals surface area (Å²) in [7, 11) is 0. The number of hydrogen-bond acceptors (Lipinski definition) is 9. The maximum absolute atomic E-state index is 13.5. The predicted molar refractivity (Wildman–Crippen MR) is 217 cm³/mol. The fraction of sp³-hybridized carbons (Fsp3) is 0.455. The van der Waals surface area contributed by atoms with Gasteiger partial charge in [-0.2, -0.15) is 0 Å². The third-order valence-corrected chi connectivity index (χ3v) is 13.6.